The normalized spacial score (nSPS) is 14.2. The average molecular weight is 429 g/mol. The molecule has 0 aliphatic rings. The maximum Gasteiger partial charge on any atom is 0.408 e. The van der Waals surface area contributed by atoms with Crippen LogP contribution >= 0.6 is 7.60 Å². The van der Waals surface area contributed by atoms with E-state index in [4.69, 9.17) is 14.5 Å². The molecule has 5 N–H and O–H groups in total. The molecule has 0 saturated carbocycles. The highest BCUT2D eigenvalue weighted by molar-refractivity contribution is 7.52. The van der Waals surface area contributed by atoms with E-state index in [0.29, 0.717) is 6.42 Å². The van der Waals surface area contributed by atoms with Gasteiger partial charge in [-0.2, -0.15) is 0 Å². The number of amides is 3. The van der Waals surface area contributed by atoms with Gasteiger partial charge in [-0.15, -0.1) is 0 Å². The second-order valence-electron chi connectivity index (χ2n) is 6.55. The highest BCUT2D eigenvalue weighted by atomic mass is 31.2. The largest absolute Gasteiger partial charge is 0.445 e. The molecule has 162 valence electrons. The van der Waals surface area contributed by atoms with Gasteiger partial charge in [0.15, 0.2) is 0 Å². The van der Waals surface area contributed by atoms with Gasteiger partial charge in [0, 0.05) is 0 Å². The lowest BCUT2D eigenvalue weighted by molar-refractivity contribution is -0.130. The molecule has 11 heteroatoms. The Morgan fingerprint density at radius 2 is 1.66 bits per heavy atom. The van der Waals surface area contributed by atoms with Gasteiger partial charge >= 0.3 is 13.7 Å². The van der Waals surface area contributed by atoms with Gasteiger partial charge in [0.25, 0.3) is 0 Å². The zero-order valence-corrected chi connectivity index (χ0v) is 17.5. The molecule has 0 bridgehead atoms. The van der Waals surface area contributed by atoms with Crippen LogP contribution < -0.4 is 16.0 Å². The second-order valence-corrected chi connectivity index (χ2v) is 8.50. The molecule has 0 radical (unpaired) electrons. The van der Waals surface area contributed by atoms with Crippen molar-refractivity contribution < 1.29 is 33.5 Å². The van der Waals surface area contributed by atoms with Gasteiger partial charge < -0.3 is 30.5 Å². The number of rotatable bonds is 10. The highest BCUT2D eigenvalue weighted by Crippen LogP contribution is 2.39. The smallest absolute Gasteiger partial charge is 0.408 e. The van der Waals surface area contributed by atoms with E-state index in [1.54, 1.807) is 31.2 Å². The molecule has 0 aromatic heterocycles. The molecule has 0 spiro atoms. The molecule has 1 aromatic rings. The number of alkyl carbamates (subject to hydrolysis) is 1. The summed E-state index contributed by atoms with van der Waals surface area (Å²) in [6.07, 6.45) is 0.0170. The van der Waals surface area contributed by atoms with E-state index in [-0.39, 0.29) is 13.0 Å². The first-order valence-corrected chi connectivity index (χ1v) is 10.9. The fourth-order valence-corrected chi connectivity index (χ4v) is 2.55. The predicted molar refractivity (Wildman–Crippen MR) is 106 cm³/mol. The van der Waals surface area contributed by atoms with Crippen LogP contribution in [-0.4, -0.2) is 45.6 Å². The lowest BCUT2D eigenvalue weighted by Crippen LogP contribution is -2.53. The van der Waals surface area contributed by atoms with Crippen LogP contribution in [0.4, 0.5) is 4.79 Å². The van der Waals surface area contributed by atoms with Crippen LogP contribution in [0.2, 0.25) is 0 Å². The molecule has 3 atom stereocenters. The molecular formula is C18H28N3O7P. The molecule has 1 rings (SSSR count). The van der Waals surface area contributed by atoms with Crippen LogP contribution in [0, 0.1) is 0 Å². The maximum absolute atomic E-state index is 12.3. The van der Waals surface area contributed by atoms with Gasteiger partial charge in [-0.1, -0.05) is 43.7 Å². The predicted octanol–water partition coefficient (Wildman–Crippen LogP) is 1.23. The van der Waals surface area contributed by atoms with E-state index >= 15 is 0 Å². The van der Waals surface area contributed by atoms with Crippen LogP contribution in [0.3, 0.4) is 0 Å². The van der Waals surface area contributed by atoms with Crippen molar-refractivity contribution in [3.63, 3.8) is 0 Å². The highest BCUT2D eigenvalue weighted by Gasteiger charge is 2.30. The first-order valence-electron chi connectivity index (χ1n) is 9.17. The van der Waals surface area contributed by atoms with Crippen LogP contribution in [-0.2, 0) is 25.5 Å². The summed E-state index contributed by atoms with van der Waals surface area (Å²) in [5.74, 6) is -2.72. The van der Waals surface area contributed by atoms with E-state index in [1.807, 2.05) is 6.07 Å². The third-order valence-electron chi connectivity index (χ3n) is 4.01. The fraction of sp³-hybridized carbons (Fsp3) is 0.500. The molecule has 0 unspecified atom stereocenters. The van der Waals surface area contributed by atoms with Gasteiger partial charge in [0.05, 0.1) is 0 Å². The Morgan fingerprint density at radius 1 is 1.03 bits per heavy atom. The molecule has 1 aromatic carbocycles. The summed E-state index contributed by atoms with van der Waals surface area (Å²) in [6, 6.07) is 7.04. The Kier molecular flexibility index (Phi) is 9.80. The van der Waals surface area contributed by atoms with Crippen molar-refractivity contribution in [1.82, 2.24) is 16.0 Å². The number of ether oxygens (including phenoxy) is 1. The third kappa shape index (κ3) is 9.08. The topological polar surface area (TPSA) is 154 Å². The fourth-order valence-electron chi connectivity index (χ4n) is 2.25. The minimum absolute atomic E-state index is 0.0438. The zero-order chi connectivity index (χ0) is 22.0. The van der Waals surface area contributed by atoms with Crippen LogP contribution in [0.15, 0.2) is 30.3 Å². The second kappa shape index (κ2) is 11.5. The van der Waals surface area contributed by atoms with Gasteiger partial charge in [-0.05, 0) is 25.8 Å². The minimum Gasteiger partial charge on any atom is -0.445 e. The minimum atomic E-state index is -4.49. The molecule has 0 aliphatic carbocycles. The van der Waals surface area contributed by atoms with E-state index in [2.05, 4.69) is 16.0 Å². The molecule has 0 saturated heterocycles. The number of carbonyl (C=O) groups excluding carboxylic acids is 3. The molecular weight excluding hydrogens is 401 g/mol. The average Bonchev–Trinajstić information content (AvgIpc) is 2.65. The monoisotopic (exact) mass is 429 g/mol. The summed E-state index contributed by atoms with van der Waals surface area (Å²) in [5, 5.41) is 7.05. The van der Waals surface area contributed by atoms with E-state index < -0.39 is 43.4 Å². The van der Waals surface area contributed by atoms with Crippen molar-refractivity contribution in [2.45, 2.75) is 58.1 Å². The Hall–Kier alpha value is -2.42. The van der Waals surface area contributed by atoms with Crippen molar-refractivity contribution in [3.05, 3.63) is 35.9 Å². The first kappa shape index (κ1) is 24.6. The summed E-state index contributed by atoms with van der Waals surface area (Å²) in [5.41, 5.74) is 0.790. The molecule has 10 nitrogen and oxygen atoms in total. The summed E-state index contributed by atoms with van der Waals surface area (Å²) in [7, 11) is -4.49. The SMILES string of the molecule is CCC[C@H](NC(=O)[C@H](C)NC(=O)OCc1ccccc1)C(=O)N[C@@H](C)P(=O)(O)O. The van der Waals surface area contributed by atoms with Crippen molar-refractivity contribution >= 4 is 25.5 Å². The number of hydrogen-bond donors (Lipinski definition) is 5. The summed E-state index contributed by atoms with van der Waals surface area (Å²) >= 11 is 0. The van der Waals surface area contributed by atoms with E-state index in [1.165, 1.54) is 13.8 Å². The summed E-state index contributed by atoms with van der Waals surface area (Å²) < 4.78 is 16.2. The number of carbonyl (C=O) groups is 3. The summed E-state index contributed by atoms with van der Waals surface area (Å²) in [6.45, 7) is 4.44. The standard InChI is InChI=1S/C18H28N3O7P/c1-4-8-15(17(23)20-13(3)29(25,26)27)21-16(22)12(2)19-18(24)28-11-14-9-6-5-7-10-14/h5-7,9-10,12-13,15H,4,8,11H2,1-3H3,(H,19,24)(H,20,23)(H,21,22)(H2,25,26,27)/t12-,13+,15-/m0/s1. The van der Waals surface area contributed by atoms with Gasteiger partial charge in [-0.25, -0.2) is 4.79 Å². The molecule has 0 aliphatic heterocycles. The lowest BCUT2D eigenvalue weighted by Gasteiger charge is -2.23. The third-order valence-corrected chi connectivity index (χ3v) is 5.14. The van der Waals surface area contributed by atoms with Crippen LogP contribution in [0.25, 0.3) is 0 Å². The maximum atomic E-state index is 12.3. The Balaban J connectivity index is 2.56. The number of benzene rings is 1. The quantitative estimate of drug-likeness (QED) is 0.350. The van der Waals surface area contributed by atoms with E-state index in [0.717, 1.165) is 5.56 Å². The Labute approximate surface area is 169 Å². The lowest BCUT2D eigenvalue weighted by atomic mass is 10.1. The first-order chi connectivity index (χ1) is 13.5. The van der Waals surface area contributed by atoms with Gasteiger partial charge in [-0.3, -0.25) is 14.2 Å². The summed E-state index contributed by atoms with van der Waals surface area (Å²) in [4.78, 5) is 54.6. The number of nitrogens with one attached hydrogen (secondary N) is 3. The van der Waals surface area contributed by atoms with Crippen LogP contribution in [0.5, 0.6) is 0 Å². The molecule has 29 heavy (non-hydrogen) atoms. The zero-order valence-electron chi connectivity index (χ0n) is 16.6. The molecule has 3 amide bonds. The van der Waals surface area contributed by atoms with Gasteiger partial charge in [0.2, 0.25) is 11.8 Å². The van der Waals surface area contributed by atoms with Crippen molar-refractivity contribution in [2.24, 2.45) is 0 Å². The van der Waals surface area contributed by atoms with Crippen LogP contribution in [0.1, 0.15) is 39.2 Å². The van der Waals surface area contributed by atoms with Crippen molar-refractivity contribution in [3.8, 4) is 0 Å². The Bertz CT molecular complexity index is 738. The Morgan fingerprint density at radius 3 is 2.21 bits per heavy atom. The van der Waals surface area contributed by atoms with E-state index in [9.17, 15) is 18.9 Å². The van der Waals surface area contributed by atoms with Crippen molar-refractivity contribution in [1.29, 1.82) is 0 Å². The molecule has 0 fully saturated rings. The number of hydrogen-bond acceptors (Lipinski definition) is 5. The van der Waals surface area contributed by atoms with Gasteiger partial charge in [0.1, 0.15) is 24.5 Å². The van der Waals surface area contributed by atoms with Crippen molar-refractivity contribution in [2.75, 3.05) is 0 Å². The molecule has 0 heterocycles.